The van der Waals surface area contributed by atoms with Crippen LogP contribution in [-0.4, -0.2) is 15.0 Å². The molecular formula is C11H12F3NO2S. The lowest BCUT2D eigenvalue weighted by Crippen LogP contribution is -2.26. The molecule has 0 aliphatic carbocycles. The van der Waals surface area contributed by atoms with Gasteiger partial charge in [-0.15, -0.1) is 0 Å². The van der Waals surface area contributed by atoms with Gasteiger partial charge in [-0.3, -0.25) is 0 Å². The minimum absolute atomic E-state index is 0.0535. The van der Waals surface area contributed by atoms with Crippen molar-refractivity contribution in [2.24, 2.45) is 5.92 Å². The fourth-order valence-electron chi connectivity index (χ4n) is 1.93. The number of hydrogen-bond donors (Lipinski definition) is 1. The Hall–Kier alpha value is -1.08. The number of benzene rings is 1. The molecule has 1 aromatic carbocycles. The molecule has 2 rings (SSSR count). The van der Waals surface area contributed by atoms with E-state index < -0.39 is 21.8 Å². The highest BCUT2D eigenvalue weighted by Crippen LogP contribution is 2.33. The molecule has 1 unspecified atom stereocenters. The minimum atomic E-state index is -4.54. The quantitative estimate of drug-likeness (QED) is 0.791. The van der Waals surface area contributed by atoms with Crippen LogP contribution in [0, 0.1) is 5.92 Å². The zero-order valence-electron chi connectivity index (χ0n) is 9.58. The maximum Gasteiger partial charge on any atom is 0.416 e. The molecule has 3 nitrogen and oxygen atoms in total. The van der Waals surface area contributed by atoms with Crippen LogP contribution in [0.1, 0.15) is 18.1 Å². The normalized spacial score (nSPS) is 23.2. The molecule has 0 bridgehead atoms. The summed E-state index contributed by atoms with van der Waals surface area (Å²) in [5.74, 6) is 0.0535. The highest BCUT2D eigenvalue weighted by Gasteiger charge is 2.33. The van der Waals surface area contributed by atoms with Crippen molar-refractivity contribution in [1.29, 1.82) is 0 Å². The molecule has 0 saturated carbocycles. The molecule has 1 atom stereocenters. The summed E-state index contributed by atoms with van der Waals surface area (Å²) < 4.78 is 63.7. The molecule has 1 aliphatic rings. The number of nitrogens with one attached hydrogen (secondary N) is 1. The van der Waals surface area contributed by atoms with Crippen molar-refractivity contribution >= 4 is 10.0 Å². The van der Waals surface area contributed by atoms with Crippen molar-refractivity contribution in [3.05, 3.63) is 29.3 Å². The number of fused-ring (bicyclic) bond motifs is 1. The second-order valence-corrected chi connectivity index (χ2v) is 6.22. The van der Waals surface area contributed by atoms with E-state index in [0.717, 1.165) is 6.07 Å². The number of sulfonamides is 1. The van der Waals surface area contributed by atoms with Gasteiger partial charge < -0.3 is 0 Å². The van der Waals surface area contributed by atoms with Crippen LogP contribution in [0.25, 0.3) is 0 Å². The van der Waals surface area contributed by atoms with Crippen LogP contribution in [0.5, 0.6) is 0 Å². The molecule has 0 radical (unpaired) electrons. The molecule has 1 N–H and O–H groups in total. The third kappa shape index (κ3) is 2.51. The van der Waals surface area contributed by atoms with E-state index in [-0.39, 0.29) is 17.4 Å². The molecule has 0 spiro atoms. The van der Waals surface area contributed by atoms with Gasteiger partial charge in [0.15, 0.2) is 0 Å². The van der Waals surface area contributed by atoms with Crippen molar-refractivity contribution in [1.82, 2.24) is 4.72 Å². The smallest absolute Gasteiger partial charge is 0.211 e. The fourth-order valence-corrected chi connectivity index (χ4v) is 3.37. The second kappa shape index (κ2) is 4.24. The highest BCUT2D eigenvalue weighted by molar-refractivity contribution is 7.89. The lowest BCUT2D eigenvalue weighted by molar-refractivity contribution is -0.137. The zero-order valence-corrected chi connectivity index (χ0v) is 10.4. The predicted octanol–water partition coefficient (Wildman–Crippen LogP) is 2.18. The first-order valence-electron chi connectivity index (χ1n) is 5.40. The Kier molecular flexibility index (Phi) is 3.14. The Labute approximate surface area is 103 Å². The Morgan fingerprint density at radius 3 is 2.61 bits per heavy atom. The van der Waals surface area contributed by atoms with Crippen molar-refractivity contribution in [2.45, 2.75) is 24.4 Å². The first-order valence-corrected chi connectivity index (χ1v) is 6.88. The first-order chi connectivity index (χ1) is 8.20. The van der Waals surface area contributed by atoms with Crippen LogP contribution in [0.15, 0.2) is 23.1 Å². The van der Waals surface area contributed by atoms with E-state index >= 15 is 0 Å². The summed E-state index contributed by atoms with van der Waals surface area (Å²) in [6.07, 6.45) is -4.10. The van der Waals surface area contributed by atoms with Crippen LogP contribution in [-0.2, 0) is 22.6 Å². The van der Waals surface area contributed by atoms with E-state index in [9.17, 15) is 21.6 Å². The Balaban J connectivity index is 2.60. The van der Waals surface area contributed by atoms with Crippen LogP contribution in [0.2, 0.25) is 0 Å². The van der Waals surface area contributed by atoms with Gasteiger partial charge in [0.05, 0.1) is 10.5 Å². The summed E-state index contributed by atoms with van der Waals surface area (Å²) in [4.78, 5) is -0.262. The maximum absolute atomic E-state index is 12.6. The molecular weight excluding hydrogens is 267 g/mol. The van der Waals surface area contributed by atoms with E-state index in [1.807, 2.05) is 6.92 Å². The largest absolute Gasteiger partial charge is 0.416 e. The van der Waals surface area contributed by atoms with Gasteiger partial charge in [0, 0.05) is 6.54 Å². The van der Waals surface area contributed by atoms with Crippen molar-refractivity contribution < 1.29 is 21.6 Å². The average Bonchev–Trinajstić information content (AvgIpc) is 2.35. The molecule has 1 aromatic rings. The molecule has 1 heterocycles. The number of halogens is 3. The fraction of sp³-hybridized carbons (Fsp3) is 0.455. The summed E-state index contributed by atoms with van der Waals surface area (Å²) in [5.41, 5.74) is -0.512. The standard InChI is InChI=1S/C11H12F3NO2S/c1-7-4-8-2-3-9(11(12,13)14)5-10(8)18(16,17)15-6-7/h2-3,5,7,15H,4,6H2,1H3. The van der Waals surface area contributed by atoms with E-state index in [2.05, 4.69) is 4.72 Å². The van der Waals surface area contributed by atoms with Gasteiger partial charge in [0.1, 0.15) is 0 Å². The van der Waals surface area contributed by atoms with Gasteiger partial charge in [0.25, 0.3) is 0 Å². The Morgan fingerprint density at radius 1 is 1.33 bits per heavy atom. The predicted molar refractivity (Wildman–Crippen MR) is 59.5 cm³/mol. The molecule has 0 aromatic heterocycles. The lowest BCUT2D eigenvalue weighted by atomic mass is 10.00. The molecule has 7 heteroatoms. The molecule has 100 valence electrons. The molecule has 0 saturated heterocycles. The van der Waals surface area contributed by atoms with Gasteiger partial charge in [-0.1, -0.05) is 13.0 Å². The van der Waals surface area contributed by atoms with E-state index in [0.29, 0.717) is 18.1 Å². The van der Waals surface area contributed by atoms with E-state index in [1.54, 1.807) is 0 Å². The van der Waals surface area contributed by atoms with Crippen molar-refractivity contribution in [2.75, 3.05) is 6.54 Å². The summed E-state index contributed by atoms with van der Waals surface area (Å²) >= 11 is 0. The number of alkyl halides is 3. The minimum Gasteiger partial charge on any atom is -0.211 e. The topological polar surface area (TPSA) is 46.2 Å². The number of rotatable bonds is 0. The van der Waals surface area contributed by atoms with Gasteiger partial charge in [0.2, 0.25) is 10.0 Å². The summed E-state index contributed by atoms with van der Waals surface area (Å²) in [6, 6.07) is 2.88. The van der Waals surface area contributed by atoms with Crippen LogP contribution < -0.4 is 4.72 Å². The molecule has 0 fully saturated rings. The first kappa shape index (κ1) is 13.4. The highest BCUT2D eigenvalue weighted by atomic mass is 32.2. The van der Waals surface area contributed by atoms with Gasteiger partial charge in [-0.05, 0) is 30.0 Å². The van der Waals surface area contributed by atoms with E-state index in [4.69, 9.17) is 0 Å². The lowest BCUT2D eigenvalue weighted by Gasteiger charge is -2.11. The molecule has 18 heavy (non-hydrogen) atoms. The SMILES string of the molecule is CC1CNS(=O)(=O)c2cc(C(F)(F)F)ccc2C1. The summed E-state index contributed by atoms with van der Waals surface area (Å²) in [5, 5.41) is 0. The Morgan fingerprint density at radius 2 is 2.00 bits per heavy atom. The third-order valence-electron chi connectivity index (χ3n) is 2.87. The van der Waals surface area contributed by atoms with E-state index in [1.165, 1.54) is 6.07 Å². The average molecular weight is 279 g/mol. The van der Waals surface area contributed by atoms with Gasteiger partial charge in [-0.2, -0.15) is 13.2 Å². The van der Waals surface area contributed by atoms with Gasteiger partial charge in [-0.25, -0.2) is 13.1 Å². The second-order valence-electron chi connectivity index (χ2n) is 4.48. The summed E-state index contributed by atoms with van der Waals surface area (Å²) in [6.45, 7) is 2.08. The number of hydrogen-bond acceptors (Lipinski definition) is 2. The summed E-state index contributed by atoms with van der Waals surface area (Å²) in [7, 11) is -3.84. The Bertz CT molecular complexity index is 566. The van der Waals surface area contributed by atoms with Crippen molar-refractivity contribution in [3.8, 4) is 0 Å². The van der Waals surface area contributed by atoms with Gasteiger partial charge >= 0.3 is 6.18 Å². The van der Waals surface area contributed by atoms with Crippen LogP contribution in [0.4, 0.5) is 13.2 Å². The zero-order chi connectivity index (χ0) is 13.6. The monoisotopic (exact) mass is 279 g/mol. The van der Waals surface area contributed by atoms with Crippen molar-refractivity contribution in [3.63, 3.8) is 0 Å². The van der Waals surface area contributed by atoms with Crippen LogP contribution >= 0.6 is 0 Å². The maximum atomic E-state index is 12.6. The molecule has 1 aliphatic heterocycles. The van der Waals surface area contributed by atoms with Crippen LogP contribution in [0.3, 0.4) is 0 Å². The third-order valence-corrected chi connectivity index (χ3v) is 4.38. The molecule has 0 amide bonds.